The summed E-state index contributed by atoms with van der Waals surface area (Å²) in [7, 11) is 1.66. The summed E-state index contributed by atoms with van der Waals surface area (Å²) < 4.78 is 21.1. The van der Waals surface area contributed by atoms with Crippen LogP contribution in [0.3, 0.4) is 0 Å². The number of carbonyl (C=O) groups is 1. The van der Waals surface area contributed by atoms with Crippen LogP contribution >= 0.6 is 11.8 Å². The van der Waals surface area contributed by atoms with Gasteiger partial charge in [-0.1, -0.05) is 18.7 Å². The van der Waals surface area contributed by atoms with Gasteiger partial charge in [0.25, 0.3) is 0 Å². The van der Waals surface area contributed by atoms with Crippen molar-refractivity contribution in [1.29, 1.82) is 0 Å². The number of rotatable bonds is 4. The first-order valence-electron chi connectivity index (χ1n) is 12.4. The van der Waals surface area contributed by atoms with Crippen LogP contribution in [0.1, 0.15) is 19.4 Å². The quantitative estimate of drug-likeness (QED) is 0.478. The van der Waals surface area contributed by atoms with Gasteiger partial charge in [0.2, 0.25) is 5.91 Å². The van der Waals surface area contributed by atoms with Crippen molar-refractivity contribution in [3.63, 3.8) is 0 Å². The second kappa shape index (κ2) is 9.95. The summed E-state index contributed by atoms with van der Waals surface area (Å²) in [6.45, 7) is 11.2. The molecular weight excluding hydrogens is 491 g/mol. The molecule has 1 fully saturated rings. The highest BCUT2D eigenvalue weighted by Gasteiger charge is 2.34. The molecule has 9 heteroatoms. The fourth-order valence-corrected chi connectivity index (χ4v) is 7.03. The highest BCUT2D eigenvalue weighted by atomic mass is 32.2. The molecule has 3 atom stereocenters. The van der Waals surface area contributed by atoms with E-state index in [2.05, 4.69) is 22.5 Å². The standard InChI is InChI=1S/C28H31FN4O3S/c1-6-23(34)33-17(3)12-31(13-18(33)4)27-22-11-16(2)24(19-7-9-20(29)10-8-19)26-25(22)32(28(35)30-27)14-21(36-5)15-37-26/h6-11,17-18,21H,1,12-15H2,2-5H3/t17-,18+,21-/m1/s1. The van der Waals surface area contributed by atoms with E-state index in [1.54, 1.807) is 35.6 Å². The predicted molar refractivity (Wildman–Crippen MR) is 146 cm³/mol. The largest absolute Gasteiger partial charge is 0.379 e. The van der Waals surface area contributed by atoms with Crippen LogP contribution in [0, 0.1) is 12.7 Å². The molecule has 194 valence electrons. The number of aryl methyl sites for hydroxylation is 1. The van der Waals surface area contributed by atoms with E-state index in [4.69, 9.17) is 4.74 Å². The van der Waals surface area contributed by atoms with E-state index in [-0.39, 0.29) is 35.6 Å². The van der Waals surface area contributed by atoms with E-state index in [9.17, 15) is 14.0 Å². The zero-order chi connectivity index (χ0) is 26.4. The Morgan fingerprint density at radius 2 is 1.86 bits per heavy atom. The molecule has 1 aromatic heterocycles. The lowest BCUT2D eigenvalue weighted by molar-refractivity contribution is -0.130. The number of hydrogen-bond donors (Lipinski definition) is 0. The minimum atomic E-state index is -0.327. The van der Waals surface area contributed by atoms with E-state index >= 15 is 0 Å². The summed E-state index contributed by atoms with van der Waals surface area (Å²) in [5, 5.41) is 0.894. The Morgan fingerprint density at radius 3 is 2.49 bits per heavy atom. The molecule has 37 heavy (non-hydrogen) atoms. The lowest BCUT2D eigenvalue weighted by atomic mass is 9.97. The molecule has 2 aliphatic rings. The lowest BCUT2D eigenvalue weighted by Crippen LogP contribution is -2.58. The van der Waals surface area contributed by atoms with Gasteiger partial charge in [0, 0.05) is 53.9 Å². The first kappa shape index (κ1) is 25.5. The molecular formula is C28H31FN4O3S. The normalized spacial score (nSPS) is 21.7. The van der Waals surface area contributed by atoms with Gasteiger partial charge in [0.05, 0.1) is 18.2 Å². The average Bonchev–Trinajstić information content (AvgIpc) is 3.07. The maximum absolute atomic E-state index is 13.7. The zero-order valence-corrected chi connectivity index (χ0v) is 22.3. The molecule has 0 unspecified atom stereocenters. The Balaban J connectivity index is 1.73. The molecule has 0 aliphatic carbocycles. The van der Waals surface area contributed by atoms with Gasteiger partial charge in [0.15, 0.2) is 0 Å². The van der Waals surface area contributed by atoms with Crippen molar-refractivity contribution in [2.75, 3.05) is 30.9 Å². The fourth-order valence-electron chi connectivity index (χ4n) is 5.66. The molecule has 0 N–H and O–H groups in total. The van der Waals surface area contributed by atoms with Gasteiger partial charge in [-0.3, -0.25) is 9.36 Å². The maximum Gasteiger partial charge on any atom is 0.350 e. The molecule has 2 aromatic carbocycles. The highest BCUT2D eigenvalue weighted by Crippen LogP contribution is 2.43. The first-order valence-corrected chi connectivity index (χ1v) is 13.4. The predicted octanol–water partition coefficient (Wildman–Crippen LogP) is 4.24. The van der Waals surface area contributed by atoms with Crippen LogP contribution in [0.15, 0.2) is 52.7 Å². The number of ether oxygens (including phenoxy) is 1. The number of hydrogen-bond acceptors (Lipinski definition) is 6. The van der Waals surface area contributed by atoms with E-state index in [0.717, 1.165) is 32.5 Å². The molecule has 1 amide bonds. The van der Waals surface area contributed by atoms with Crippen molar-refractivity contribution >= 4 is 34.4 Å². The number of methoxy groups -OCH3 is 1. The van der Waals surface area contributed by atoms with Crippen LogP contribution in [-0.2, 0) is 16.1 Å². The monoisotopic (exact) mass is 522 g/mol. The number of aromatic nitrogens is 2. The number of anilines is 1. The first-order chi connectivity index (χ1) is 17.7. The topological polar surface area (TPSA) is 67.7 Å². The van der Waals surface area contributed by atoms with Crippen LogP contribution < -0.4 is 10.6 Å². The van der Waals surface area contributed by atoms with Crippen LogP contribution in [0.4, 0.5) is 10.2 Å². The Kier molecular flexibility index (Phi) is 6.85. The van der Waals surface area contributed by atoms with Crippen molar-refractivity contribution in [2.45, 2.75) is 50.4 Å². The molecule has 7 nitrogen and oxygen atoms in total. The Morgan fingerprint density at radius 1 is 1.19 bits per heavy atom. The summed E-state index contributed by atoms with van der Waals surface area (Å²) in [5.41, 5.74) is 3.41. The number of amides is 1. The van der Waals surface area contributed by atoms with Gasteiger partial charge >= 0.3 is 5.69 Å². The molecule has 0 spiro atoms. The van der Waals surface area contributed by atoms with Crippen LogP contribution in [0.25, 0.3) is 22.0 Å². The second-order valence-corrected chi connectivity index (χ2v) is 10.9. The highest BCUT2D eigenvalue weighted by molar-refractivity contribution is 7.99. The van der Waals surface area contributed by atoms with Crippen molar-refractivity contribution < 1.29 is 13.9 Å². The number of thioether (sulfide) groups is 1. The minimum absolute atomic E-state index is 0.0736. The molecule has 0 saturated carbocycles. The number of benzene rings is 2. The molecule has 3 heterocycles. The minimum Gasteiger partial charge on any atom is -0.379 e. The third-order valence-electron chi connectivity index (χ3n) is 7.31. The van der Waals surface area contributed by atoms with Gasteiger partial charge in [-0.2, -0.15) is 4.98 Å². The van der Waals surface area contributed by atoms with Crippen molar-refractivity contribution in [3.8, 4) is 11.1 Å². The fraction of sp³-hybridized carbons (Fsp3) is 0.393. The number of carbonyl (C=O) groups excluding carboxylic acids is 1. The summed E-state index contributed by atoms with van der Waals surface area (Å²) in [6, 6.07) is 8.42. The third-order valence-corrected chi connectivity index (χ3v) is 8.53. The van der Waals surface area contributed by atoms with E-state index in [1.165, 1.54) is 18.2 Å². The Labute approximate surface area is 219 Å². The summed E-state index contributed by atoms with van der Waals surface area (Å²) in [4.78, 5) is 35.5. The summed E-state index contributed by atoms with van der Waals surface area (Å²) in [6.07, 6.45) is 1.20. The average molecular weight is 523 g/mol. The molecule has 3 aromatic rings. The van der Waals surface area contributed by atoms with Crippen LogP contribution in [-0.4, -0.2) is 64.5 Å². The summed E-state index contributed by atoms with van der Waals surface area (Å²) in [5.74, 6) is 0.923. The van der Waals surface area contributed by atoms with Gasteiger partial charge in [-0.05, 0) is 56.2 Å². The van der Waals surface area contributed by atoms with Crippen molar-refractivity contribution in [2.24, 2.45) is 0 Å². The third kappa shape index (κ3) is 4.44. The van der Waals surface area contributed by atoms with Gasteiger partial charge < -0.3 is 14.5 Å². The van der Waals surface area contributed by atoms with E-state index in [0.29, 0.717) is 31.2 Å². The van der Waals surface area contributed by atoms with Gasteiger partial charge in [-0.15, -0.1) is 11.8 Å². The van der Waals surface area contributed by atoms with Crippen molar-refractivity contribution in [1.82, 2.24) is 14.5 Å². The van der Waals surface area contributed by atoms with Crippen LogP contribution in [0.5, 0.6) is 0 Å². The molecule has 5 rings (SSSR count). The molecule has 0 bridgehead atoms. The molecule has 0 radical (unpaired) electrons. The zero-order valence-electron chi connectivity index (χ0n) is 21.5. The number of piperazine rings is 1. The van der Waals surface area contributed by atoms with E-state index in [1.807, 2.05) is 25.7 Å². The smallest absolute Gasteiger partial charge is 0.350 e. The lowest BCUT2D eigenvalue weighted by Gasteiger charge is -2.44. The number of halogens is 1. The van der Waals surface area contributed by atoms with Gasteiger partial charge in [-0.25, -0.2) is 9.18 Å². The molecule has 1 saturated heterocycles. The maximum atomic E-state index is 13.7. The number of nitrogens with zero attached hydrogens (tertiary/aromatic N) is 4. The second-order valence-electron chi connectivity index (χ2n) is 9.85. The SMILES string of the molecule is C=CC(=O)N1[C@H](C)CN(c2nc(=O)n3c4c(c(-c5ccc(F)cc5)c(C)cc24)SC[C@H](OC)C3)C[C@@H]1C. The molecule has 2 aliphatic heterocycles. The Bertz CT molecular complexity index is 1430. The summed E-state index contributed by atoms with van der Waals surface area (Å²) >= 11 is 1.66. The Hall–Kier alpha value is -3.17. The van der Waals surface area contributed by atoms with Crippen LogP contribution in [0.2, 0.25) is 0 Å². The van der Waals surface area contributed by atoms with Gasteiger partial charge in [0.1, 0.15) is 11.6 Å². The van der Waals surface area contributed by atoms with E-state index < -0.39 is 0 Å². The van der Waals surface area contributed by atoms with Crippen molar-refractivity contribution in [3.05, 3.63) is 64.9 Å².